The molecule has 0 aromatic carbocycles. The first kappa shape index (κ1) is 71.5. The van der Waals surface area contributed by atoms with Crippen molar-refractivity contribution in [3.05, 3.63) is 72.9 Å². The van der Waals surface area contributed by atoms with Crippen LogP contribution in [-0.2, 0) is 27.9 Å². The minimum absolute atomic E-state index is 0.0317. The summed E-state index contributed by atoms with van der Waals surface area (Å²) in [7, 11) is 1.47. The van der Waals surface area contributed by atoms with Crippen LogP contribution in [0.4, 0.5) is 0 Å². The smallest absolute Gasteiger partial charge is 0.456 e. The topological polar surface area (TPSA) is 111 Å². The maximum absolute atomic E-state index is 13.5. The Balaban J connectivity index is 5.27. The van der Waals surface area contributed by atoms with Crippen molar-refractivity contribution in [3.8, 4) is 0 Å². The number of carbonyl (C=O) groups excluding carboxylic acids is 2. The molecule has 0 saturated carbocycles. The van der Waals surface area contributed by atoms with E-state index in [1.54, 1.807) is 0 Å². The number of rotatable bonds is 55. The maximum Gasteiger partial charge on any atom is 0.472 e. The van der Waals surface area contributed by atoms with Gasteiger partial charge < -0.3 is 19.4 Å². The van der Waals surface area contributed by atoms with E-state index in [1.807, 2.05) is 33.3 Å². The van der Waals surface area contributed by atoms with Gasteiger partial charge in [-0.25, -0.2) is 4.57 Å². The molecule has 0 spiro atoms. The summed E-state index contributed by atoms with van der Waals surface area (Å²) >= 11 is 0. The number of phosphoric ester groups is 1. The first-order valence-electron chi connectivity index (χ1n) is 30.8. The van der Waals surface area contributed by atoms with Crippen LogP contribution in [0.5, 0.6) is 0 Å². The lowest BCUT2D eigenvalue weighted by Gasteiger charge is -2.27. The average Bonchev–Trinajstić information content (AvgIpc) is 3.36. The Labute approximate surface area is 457 Å². The van der Waals surface area contributed by atoms with Crippen LogP contribution >= 0.6 is 7.82 Å². The highest BCUT2D eigenvalue weighted by Crippen LogP contribution is 2.43. The third kappa shape index (κ3) is 54.2. The molecular formula is C64H118N2O7P+. The van der Waals surface area contributed by atoms with Crippen LogP contribution in [0.15, 0.2) is 72.9 Å². The first-order chi connectivity index (χ1) is 35.9. The summed E-state index contributed by atoms with van der Waals surface area (Å²) < 4.78 is 30.6. The summed E-state index contributed by atoms with van der Waals surface area (Å²) in [4.78, 5) is 37.6. The van der Waals surface area contributed by atoms with Crippen molar-refractivity contribution in [2.24, 2.45) is 0 Å². The molecule has 2 N–H and O–H groups in total. The number of nitrogens with zero attached hydrogens (tertiary/aromatic N) is 1. The van der Waals surface area contributed by atoms with Crippen LogP contribution in [0, 0.1) is 0 Å². The molecule has 10 heteroatoms. The second-order valence-corrected chi connectivity index (χ2v) is 23.4. The predicted octanol–water partition coefficient (Wildman–Crippen LogP) is 18.8. The average molecular weight is 1060 g/mol. The van der Waals surface area contributed by atoms with Crippen molar-refractivity contribution in [3.63, 3.8) is 0 Å². The highest BCUT2D eigenvalue weighted by Gasteiger charge is 2.30. The first-order valence-corrected chi connectivity index (χ1v) is 32.3. The molecule has 1 amide bonds. The van der Waals surface area contributed by atoms with E-state index in [9.17, 15) is 19.0 Å². The molecule has 0 aliphatic carbocycles. The van der Waals surface area contributed by atoms with E-state index in [0.717, 1.165) is 89.9 Å². The van der Waals surface area contributed by atoms with Gasteiger partial charge in [-0.1, -0.05) is 235 Å². The van der Waals surface area contributed by atoms with Gasteiger partial charge in [0.05, 0.1) is 33.8 Å². The van der Waals surface area contributed by atoms with E-state index in [2.05, 4.69) is 86.8 Å². The number of quaternary nitrogens is 1. The summed E-state index contributed by atoms with van der Waals surface area (Å²) in [5.74, 6) is -0.543. The number of carbonyl (C=O) groups is 2. The number of hydrogen-bond donors (Lipinski definition) is 2. The van der Waals surface area contributed by atoms with Crippen molar-refractivity contribution < 1.29 is 37.3 Å². The fourth-order valence-electron chi connectivity index (χ4n) is 8.58. The SMILES string of the molecule is CCCCC/C=C\C/C=C\C/C=C\CCCCCCCCCCC(=O)OC(/C=C/CCCCCCCCCCC)C(COP(=O)(O)OCC[N+](C)(C)C)NC(=O)CCCCC/C=C/C=C/CCCCCCCCC. The van der Waals surface area contributed by atoms with Crippen LogP contribution in [0.2, 0.25) is 0 Å². The summed E-state index contributed by atoms with van der Waals surface area (Å²) in [5.41, 5.74) is 0. The molecule has 0 bridgehead atoms. The molecule has 3 unspecified atom stereocenters. The van der Waals surface area contributed by atoms with Gasteiger partial charge in [0.1, 0.15) is 19.3 Å². The molecular weight excluding hydrogens is 940 g/mol. The lowest BCUT2D eigenvalue weighted by Crippen LogP contribution is -2.47. The molecule has 0 fully saturated rings. The molecule has 0 rings (SSSR count). The van der Waals surface area contributed by atoms with Gasteiger partial charge in [0.25, 0.3) is 0 Å². The number of likely N-dealkylation sites (N-methyl/N-ethyl adjacent to an activating group) is 1. The number of amides is 1. The summed E-state index contributed by atoms with van der Waals surface area (Å²) in [6, 6.07) is -0.867. The lowest BCUT2D eigenvalue weighted by atomic mass is 10.1. The standard InChI is InChI=1S/C64H117N2O7P/c1-7-10-13-16-19-22-25-27-29-31-32-33-34-35-37-39-42-45-48-51-54-57-64(68)73-62(55-52-49-46-43-40-24-21-18-15-12-9-3)61(60-72-74(69,70)71-59-58-66(4,5)6)65-63(67)56-53-50-47-44-41-38-36-30-28-26-23-20-17-14-11-8-2/h19,22,27,29-30,32-33,36,38,41,52,55,61-62H,7-18,20-21,23-26,28,31,34-35,37,39-40,42-51,53-54,56-60H2,1-6H3,(H-,65,67,69,70)/p+1/b22-19-,29-27-,33-32-,36-30+,41-38+,55-52+. The molecule has 0 heterocycles. The minimum atomic E-state index is -4.46. The van der Waals surface area contributed by atoms with Gasteiger partial charge in [-0.2, -0.15) is 0 Å². The zero-order valence-electron chi connectivity index (χ0n) is 49.1. The van der Waals surface area contributed by atoms with Crippen molar-refractivity contribution in [1.29, 1.82) is 0 Å². The van der Waals surface area contributed by atoms with E-state index >= 15 is 0 Å². The number of unbranched alkanes of at least 4 members (excludes halogenated alkanes) is 30. The number of allylic oxidation sites excluding steroid dienone is 11. The van der Waals surface area contributed by atoms with Crippen LogP contribution < -0.4 is 5.32 Å². The van der Waals surface area contributed by atoms with E-state index in [0.29, 0.717) is 23.9 Å². The molecule has 0 saturated heterocycles. The van der Waals surface area contributed by atoms with Gasteiger partial charge in [0.2, 0.25) is 5.91 Å². The van der Waals surface area contributed by atoms with Crippen LogP contribution in [0.1, 0.15) is 271 Å². The second-order valence-electron chi connectivity index (χ2n) is 21.9. The van der Waals surface area contributed by atoms with Gasteiger partial charge in [0.15, 0.2) is 0 Å². The van der Waals surface area contributed by atoms with Gasteiger partial charge in [0, 0.05) is 12.8 Å². The Morgan fingerprint density at radius 1 is 0.486 bits per heavy atom. The maximum atomic E-state index is 13.5. The number of esters is 1. The van der Waals surface area contributed by atoms with E-state index < -0.39 is 20.0 Å². The van der Waals surface area contributed by atoms with E-state index in [1.165, 1.54) is 141 Å². The van der Waals surface area contributed by atoms with Crippen molar-refractivity contribution >= 4 is 19.7 Å². The second kappa shape index (κ2) is 53.8. The molecule has 0 aromatic rings. The number of phosphoric acid groups is 1. The quantitative estimate of drug-likeness (QED) is 0.0156. The Bertz CT molecular complexity index is 1500. The van der Waals surface area contributed by atoms with Gasteiger partial charge in [-0.15, -0.1) is 0 Å². The van der Waals surface area contributed by atoms with Crippen LogP contribution in [-0.4, -0.2) is 74.3 Å². The van der Waals surface area contributed by atoms with Crippen LogP contribution in [0.25, 0.3) is 0 Å². The summed E-state index contributed by atoms with van der Waals surface area (Å²) in [6.45, 7) is 6.95. The molecule has 74 heavy (non-hydrogen) atoms. The van der Waals surface area contributed by atoms with E-state index in [4.69, 9.17) is 13.8 Å². The predicted molar refractivity (Wildman–Crippen MR) is 318 cm³/mol. The van der Waals surface area contributed by atoms with Crippen molar-refractivity contribution in [1.82, 2.24) is 5.32 Å². The molecule has 0 aliphatic rings. The molecule has 0 aromatic heterocycles. The highest BCUT2D eigenvalue weighted by atomic mass is 31.2. The van der Waals surface area contributed by atoms with E-state index in [-0.39, 0.29) is 31.5 Å². The zero-order chi connectivity index (χ0) is 54.3. The Morgan fingerprint density at radius 2 is 0.865 bits per heavy atom. The number of hydrogen-bond acceptors (Lipinski definition) is 6. The molecule has 0 aliphatic heterocycles. The monoisotopic (exact) mass is 1060 g/mol. The molecule has 9 nitrogen and oxygen atoms in total. The van der Waals surface area contributed by atoms with Gasteiger partial charge in [-0.05, 0) is 96.0 Å². The van der Waals surface area contributed by atoms with Gasteiger partial charge >= 0.3 is 13.8 Å². The van der Waals surface area contributed by atoms with Crippen molar-refractivity contribution in [2.45, 2.75) is 283 Å². The third-order valence-corrected chi connectivity index (χ3v) is 14.4. The number of nitrogens with one attached hydrogen (secondary N) is 1. The van der Waals surface area contributed by atoms with Gasteiger partial charge in [-0.3, -0.25) is 18.6 Å². The fourth-order valence-corrected chi connectivity index (χ4v) is 9.32. The summed E-state index contributed by atoms with van der Waals surface area (Å²) in [6.07, 6.45) is 69.0. The fraction of sp³-hybridized carbons (Fsp3) is 0.781. The Morgan fingerprint density at radius 3 is 1.35 bits per heavy atom. The normalized spacial score (nSPS) is 14.2. The molecule has 430 valence electrons. The highest BCUT2D eigenvalue weighted by molar-refractivity contribution is 7.47. The Kier molecular flexibility index (Phi) is 52.0. The summed E-state index contributed by atoms with van der Waals surface area (Å²) in [5, 5.41) is 3.03. The minimum Gasteiger partial charge on any atom is -0.456 e. The Hall–Kier alpha value is -2.55. The molecule has 0 radical (unpaired) electrons. The zero-order valence-corrected chi connectivity index (χ0v) is 50.0. The van der Waals surface area contributed by atoms with Crippen LogP contribution in [0.3, 0.4) is 0 Å². The lowest BCUT2D eigenvalue weighted by molar-refractivity contribution is -0.870. The van der Waals surface area contributed by atoms with Crippen molar-refractivity contribution in [2.75, 3.05) is 40.9 Å². The third-order valence-electron chi connectivity index (χ3n) is 13.4. The molecule has 3 atom stereocenters. The number of ether oxygens (including phenoxy) is 1. The largest absolute Gasteiger partial charge is 0.472 e.